The summed E-state index contributed by atoms with van der Waals surface area (Å²) in [4.78, 5) is 4.73. The lowest BCUT2D eigenvalue weighted by Crippen LogP contribution is -2.24. The van der Waals surface area contributed by atoms with Gasteiger partial charge >= 0.3 is 0 Å². The van der Waals surface area contributed by atoms with Gasteiger partial charge in [-0.3, -0.25) is 0 Å². The number of aromatic nitrogens is 2. The summed E-state index contributed by atoms with van der Waals surface area (Å²) in [6.45, 7) is 9.42. The van der Waals surface area contributed by atoms with Crippen LogP contribution in [0, 0.1) is 0 Å². The average molecular weight is 314 g/mol. The van der Waals surface area contributed by atoms with Crippen molar-refractivity contribution in [1.82, 2.24) is 9.55 Å². The van der Waals surface area contributed by atoms with E-state index in [-0.39, 0.29) is 5.60 Å². The minimum atomic E-state index is -0.00751. The molecule has 0 fully saturated rings. The molecule has 0 saturated carbocycles. The molecule has 0 radical (unpaired) electrons. The summed E-state index contributed by atoms with van der Waals surface area (Å²) in [5, 5.41) is 0. The molecule has 1 heterocycles. The second-order valence-electron chi connectivity index (χ2n) is 6.88. The van der Waals surface area contributed by atoms with Crippen molar-refractivity contribution in [3.05, 3.63) is 41.7 Å². The number of fused-ring (bicyclic) bond motifs is 1. The Morgan fingerprint density at radius 1 is 1.30 bits per heavy atom. The van der Waals surface area contributed by atoms with E-state index in [1.165, 1.54) is 11.1 Å². The lowest BCUT2D eigenvalue weighted by molar-refractivity contribution is -0.0173. The highest BCUT2D eigenvalue weighted by molar-refractivity contribution is 5.75. The number of hydrogen-bond acceptors (Lipinski definition) is 2. The summed E-state index contributed by atoms with van der Waals surface area (Å²) >= 11 is 0. The van der Waals surface area contributed by atoms with Gasteiger partial charge in [0.2, 0.25) is 0 Å². The molecule has 0 atom stereocenters. The third-order valence-corrected chi connectivity index (χ3v) is 4.40. The number of ether oxygens (including phenoxy) is 1. The zero-order chi connectivity index (χ0) is 16.9. The van der Waals surface area contributed by atoms with Crippen molar-refractivity contribution in [2.24, 2.45) is 7.05 Å². The number of allylic oxidation sites excluding steroid dienone is 2. The molecule has 0 spiro atoms. The van der Waals surface area contributed by atoms with Crippen LogP contribution in [0.1, 0.15) is 52.8 Å². The predicted molar refractivity (Wildman–Crippen MR) is 97.7 cm³/mol. The van der Waals surface area contributed by atoms with E-state index in [9.17, 15) is 0 Å². The summed E-state index contributed by atoms with van der Waals surface area (Å²) in [6.07, 6.45) is 6.59. The molecule has 0 aliphatic heterocycles. The molecule has 0 aliphatic rings. The minimum Gasteiger partial charge on any atom is -0.376 e. The lowest BCUT2D eigenvalue weighted by atomic mass is 9.98. The van der Waals surface area contributed by atoms with Crippen molar-refractivity contribution < 1.29 is 4.74 Å². The van der Waals surface area contributed by atoms with Crippen LogP contribution in [0.5, 0.6) is 0 Å². The fourth-order valence-electron chi connectivity index (χ4n) is 3.00. The first-order valence-electron chi connectivity index (χ1n) is 8.63. The molecule has 1 aromatic carbocycles. The smallest absolute Gasteiger partial charge is 0.113 e. The highest BCUT2D eigenvalue weighted by Crippen LogP contribution is 2.20. The molecule has 0 bridgehead atoms. The Morgan fingerprint density at radius 2 is 2.04 bits per heavy atom. The molecule has 1 aromatic heterocycles. The Balaban J connectivity index is 1.90. The van der Waals surface area contributed by atoms with Gasteiger partial charge in [-0.25, -0.2) is 4.98 Å². The third kappa shape index (κ3) is 4.93. The Kier molecular flexibility index (Phi) is 6.00. The highest BCUT2D eigenvalue weighted by atomic mass is 16.5. The largest absolute Gasteiger partial charge is 0.376 e. The molecule has 3 heteroatoms. The molecule has 0 unspecified atom stereocenters. The van der Waals surface area contributed by atoms with Crippen molar-refractivity contribution in [1.29, 1.82) is 0 Å². The summed E-state index contributed by atoms with van der Waals surface area (Å²) < 4.78 is 7.95. The maximum Gasteiger partial charge on any atom is 0.113 e. The predicted octanol–water partition coefficient (Wildman–Crippen LogP) is 5.05. The van der Waals surface area contributed by atoms with E-state index >= 15 is 0 Å². The van der Waals surface area contributed by atoms with Gasteiger partial charge in [-0.05, 0) is 59.1 Å². The van der Waals surface area contributed by atoms with Gasteiger partial charge in [0.15, 0.2) is 0 Å². The highest BCUT2D eigenvalue weighted by Gasteiger charge is 2.16. The van der Waals surface area contributed by atoms with E-state index in [1.54, 1.807) is 0 Å². The molecule has 0 N–H and O–H groups in total. The van der Waals surface area contributed by atoms with E-state index in [1.807, 2.05) is 6.07 Å². The van der Waals surface area contributed by atoms with E-state index in [0.717, 1.165) is 43.6 Å². The van der Waals surface area contributed by atoms with E-state index in [2.05, 4.69) is 63.6 Å². The number of rotatable bonds is 8. The molecule has 2 aromatic rings. The van der Waals surface area contributed by atoms with Crippen molar-refractivity contribution >= 4 is 11.0 Å². The quantitative estimate of drug-likeness (QED) is 0.638. The van der Waals surface area contributed by atoms with Crippen LogP contribution in [-0.4, -0.2) is 21.8 Å². The van der Waals surface area contributed by atoms with Gasteiger partial charge in [0.1, 0.15) is 5.82 Å². The van der Waals surface area contributed by atoms with Crippen LogP contribution in [-0.2, 0) is 18.2 Å². The number of para-hydroxylation sites is 2. The molecule has 0 saturated heterocycles. The molecular formula is C20H30N2O. The first kappa shape index (κ1) is 17.7. The van der Waals surface area contributed by atoms with Crippen molar-refractivity contribution in [3.8, 4) is 0 Å². The van der Waals surface area contributed by atoms with Crippen molar-refractivity contribution in [3.63, 3.8) is 0 Å². The van der Waals surface area contributed by atoms with Gasteiger partial charge in [-0.2, -0.15) is 0 Å². The molecule has 3 nitrogen and oxygen atoms in total. The number of aryl methyl sites for hydroxylation is 1. The molecule has 126 valence electrons. The second kappa shape index (κ2) is 7.78. The van der Waals surface area contributed by atoms with Crippen molar-refractivity contribution in [2.75, 3.05) is 6.61 Å². The fraction of sp³-hybridized carbons (Fsp3) is 0.550. The maximum atomic E-state index is 5.76. The SMILES string of the molecule is CCOC(C)(C)CCC/C(C)=C/Cc1nc2ccccc2n1C. The topological polar surface area (TPSA) is 27.1 Å². The number of benzene rings is 1. The second-order valence-corrected chi connectivity index (χ2v) is 6.88. The number of hydrogen-bond donors (Lipinski definition) is 0. The van der Waals surface area contributed by atoms with Gasteiger partial charge in [0.25, 0.3) is 0 Å². The third-order valence-electron chi connectivity index (χ3n) is 4.40. The van der Waals surface area contributed by atoms with E-state index in [4.69, 9.17) is 9.72 Å². The van der Waals surface area contributed by atoms with Crippen molar-refractivity contribution in [2.45, 2.75) is 59.0 Å². The first-order chi connectivity index (χ1) is 10.9. The molecule has 2 rings (SSSR count). The van der Waals surface area contributed by atoms with Crippen LogP contribution in [0.25, 0.3) is 11.0 Å². The van der Waals surface area contributed by atoms with Crippen LogP contribution in [0.15, 0.2) is 35.9 Å². The van der Waals surface area contributed by atoms with Crippen LogP contribution in [0.2, 0.25) is 0 Å². The van der Waals surface area contributed by atoms with Crippen LogP contribution in [0.4, 0.5) is 0 Å². The maximum absolute atomic E-state index is 5.76. The van der Waals surface area contributed by atoms with E-state index in [0.29, 0.717) is 0 Å². The Morgan fingerprint density at radius 3 is 2.74 bits per heavy atom. The summed E-state index contributed by atoms with van der Waals surface area (Å²) in [7, 11) is 2.10. The van der Waals surface area contributed by atoms with Gasteiger partial charge < -0.3 is 9.30 Å². The molecule has 23 heavy (non-hydrogen) atoms. The first-order valence-corrected chi connectivity index (χ1v) is 8.63. The van der Waals surface area contributed by atoms with E-state index < -0.39 is 0 Å². The summed E-state index contributed by atoms with van der Waals surface area (Å²) in [5.41, 5.74) is 3.71. The minimum absolute atomic E-state index is 0.00751. The summed E-state index contributed by atoms with van der Waals surface area (Å²) in [5.74, 6) is 1.13. The fourth-order valence-corrected chi connectivity index (χ4v) is 3.00. The van der Waals surface area contributed by atoms with Crippen LogP contribution >= 0.6 is 0 Å². The lowest BCUT2D eigenvalue weighted by Gasteiger charge is -2.24. The molecule has 0 aliphatic carbocycles. The average Bonchev–Trinajstić information content (AvgIpc) is 2.82. The van der Waals surface area contributed by atoms with Gasteiger partial charge in [0, 0.05) is 20.1 Å². The van der Waals surface area contributed by atoms with Gasteiger partial charge in [0.05, 0.1) is 16.6 Å². The number of imidazole rings is 1. The Bertz CT molecular complexity index is 667. The normalized spacial score (nSPS) is 13.0. The van der Waals surface area contributed by atoms with Crippen LogP contribution < -0.4 is 0 Å². The van der Waals surface area contributed by atoms with Gasteiger partial charge in [-0.15, -0.1) is 0 Å². The standard InChI is InChI=1S/C20H30N2O/c1-6-23-20(3,4)15-9-10-16(2)13-14-19-21-17-11-7-8-12-18(17)22(19)5/h7-8,11-13H,6,9-10,14-15H2,1-5H3/b16-13+. The van der Waals surface area contributed by atoms with Crippen LogP contribution in [0.3, 0.4) is 0 Å². The van der Waals surface area contributed by atoms with Gasteiger partial charge in [-0.1, -0.05) is 23.8 Å². The zero-order valence-corrected chi connectivity index (χ0v) is 15.2. The Labute approximate surface area is 140 Å². The molecular weight excluding hydrogens is 284 g/mol. The monoisotopic (exact) mass is 314 g/mol. The summed E-state index contributed by atoms with van der Waals surface area (Å²) in [6, 6.07) is 8.30. The zero-order valence-electron chi connectivity index (χ0n) is 15.2. The number of nitrogens with zero attached hydrogens (tertiary/aromatic N) is 2. The Hall–Kier alpha value is -1.61. The molecule has 0 amide bonds.